The van der Waals surface area contributed by atoms with Crippen molar-refractivity contribution in [2.45, 2.75) is 19.6 Å². The number of hydrogen-bond donors (Lipinski definition) is 1. The van der Waals surface area contributed by atoms with E-state index in [0.29, 0.717) is 19.8 Å². The van der Waals surface area contributed by atoms with Crippen molar-refractivity contribution in [1.82, 2.24) is 0 Å². The Labute approximate surface area is 91.2 Å². The quantitative estimate of drug-likeness (QED) is 0.727. The van der Waals surface area contributed by atoms with Gasteiger partial charge in [-0.15, -0.1) is 0 Å². The van der Waals surface area contributed by atoms with Crippen LogP contribution in [0.2, 0.25) is 0 Å². The van der Waals surface area contributed by atoms with Gasteiger partial charge in [0.2, 0.25) is 5.79 Å². The molecule has 0 spiro atoms. The lowest BCUT2D eigenvalue weighted by Crippen LogP contribution is -2.40. The molecule has 0 fully saturated rings. The van der Waals surface area contributed by atoms with Crippen LogP contribution in [0, 0.1) is 0 Å². The van der Waals surface area contributed by atoms with E-state index >= 15 is 0 Å². The van der Waals surface area contributed by atoms with E-state index in [2.05, 4.69) is 0 Å². The molecule has 84 valence electrons. The van der Waals surface area contributed by atoms with Crippen LogP contribution in [0.4, 0.5) is 0 Å². The van der Waals surface area contributed by atoms with Gasteiger partial charge in [-0.25, -0.2) is 0 Å². The Bertz CT molecular complexity index is 268. The Kier molecular flexibility index (Phi) is 4.75. The summed E-state index contributed by atoms with van der Waals surface area (Å²) in [7, 11) is 0. The van der Waals surface area contributed by atoms with Crippen LogP contribution in [-0.4, -0.2) is 19.8 Å². The van der Waals surface area contributed by atoms with Gasteiger partial charge in [0.25, 0.3) is 0 Å². The predicted octanol–water partition coefficient (Wildman–Crippen LogP) is 1.87. The maximum Gasteiger partial charge on any atom is 0.207 e. The van der Waals surface area contributed by atoms with Gasteiger partial charge in [0, 0.05) is 18.8 Å². The first-order chi connectivity index (χ1) is 7.29. The first kappa shape index (κ1) is 12.2. The molecule has 0 atom stereocenters. The third-order valence-electron chi connectivity index (χ3n) is 2.24. The summed E-state index contributed by atoms with van der Waals surface area (Å²) in [5.41, 5.74) is 6.73. The van der Waals surface area contributed by atoms with Crippen molar-refractivity contribution in [2.24, 2.45) is 5.73 Å². The topological polar surface area (TPSA) is 44.5 Å². The van der Waals surface area contributed by atoms with Gasteiger partial charge in [-0.1, -0.05) is 30.3 Å². The molecule has 0 aliphatic carbocycles. The zero-order chi connectivity index (χ0) is 11.1. The summed E-state index contributed by atoms with van der Waals surface area (Å²) in [5.74, 6) is -0.787. The zero-order valence-electron chi connectivity index (χ0n) is 9.40. The second kappa shape index (κ2) is 5.85. The van der Waals surface area contributed by atoms with Crippen LogP contribution in [0.3, 0.4) is 0 Å². The Hall–Kier alpha value is -0.900. The molecule has 0 heterocycles. The Morgan fingerprint density at radius 1 is 1.07 bits per heavy atom. The van der Waals surface area contributed by atoms with Gasteiger partial charge in [0.15, 0.2) is 0 Å². The van der Waals surface area contributed by atoms with Crippen LogP contribution in [0.15, 0.2) is 30.3 Å². The summed E-state index contributed by atoms with van der Waals surface area (Å²) >= 11 is 0. The predicted molar refractivity (Wildman–Crippen MR) is 60.4 cm³/mol. The minimum atomic E-state index is -0.787. The molecule has 0 aliphatic heterocycles. The molecule has 1 aromatic rings. The Balaban J connectivity index is 2.97. The van der Waals surface area contributed by atoms with Gasteiger partial charge in [-0.3, -0.25) is 0 Å². The largest absolute Gasteiger partial charge is 0.345 e. The molecule has 1 rings (SSSR count). The summed E-state index contributed by atoms with van der Waals surface area (Å²) in [6.45, 7) is 5.34. The fourth-order valence-corrected chi connectivity index (χ4v) is 1.60. The van der Waals surface area contributed by atoms with Crippen molar-refractivity contribution >= 4 is 0 Å². The van der Waals surface area contributed by atoms with Gasteiger partial charge < -0.3 is 15.2 Å². The second-order valence-corrected chi connectivity index (χ2v) is 3.19. The number of benzene rings is 1. The van der Waals surface area contributed by atoms with Gasteiger partial charge in [0.1, 0.15) is 0 Å². The highest BCUT2D eigenvalue weighted by atomic mass is 16.7. The monoisotopic (exact) mass is 209 g/mol. The molecule has 0 radical (unpaired) electrons. The highest BCUT2D eigenvalue weighted by Gasteiger charge is 2.31. The molecule has 0 aromatic heterocycles. The molecule has 0 saturated carbocycles. The minimum absolute atomic E-state index is 0.318. The Morgan fingerprint density at radius 2 is 1.60 bits per heavy atom. The van der Waals surface area contributed by atoms with E-state index in [1.54, 1.807) is 0 Å². The summed E-state index contributed by atoms with van der Waals surface area (Å²) in [6, 6.07) is 9.81. The van der Waals surface area contributed by atoms with Crippen LogP contribution >= 0.6 is 0 Å². The van der Waals surface area contributed by atoms with Crippen LogP contribution in [0.1, 0.15) is 19.4 Å². The third-order valence-corrected chi connectivity index (χ3v) is 2.24. The smallest absolute Gasteiger partial charge is 0.207 e. The molecule has 0 unspecified atom stereocenters. The van der Waals surface area contributed by atoms with E-state index in [9.17, 15) is 0 Å². The van der Waals surface area contributed by atoms with Crippen LogP contribution < -0.4 is 5.73 Å². The number of hydrogen-bond acceptors (Lipinski definition) is 3. The van der Waals surface area contributed by atoms with Crippen LogP contribution in [0.25, 0.3) is 0 Å². The van der Waals surface area contributed by atoms with Crippen molar-refractivity contribution in [3.05, 3.63) is 35.9 Å². The average molecular weight is 209 g/mol. The fraction of sp³-hybridized carbons (Fsp3) is 0.500. The molecule has 0 aliphatic rings. The van der Waals surface area contributed by atoms with Crippen molar-refractivity contribution in [2.75, 3.05) is 19.8 Å². The first-order valence-electron chi connectivity index (χ1n) is 5.32. The van der Waals surface area contributed by atoms with E-state index in [1.165, 1.54) is 0 Å². The van der Waals surface area contributed by atoms with Crippen LogP contribution in [0.5, 0.6) is 0 Å². The molecule has 0 bridgehead atoms. The zero-order valence-corrected chi connectivity index (χ0v) is 9.40. The van der Waals surface area contributed by atoms with Gasteiger partial charge in [-0.2, -0.15) is 0 Å². The highest BCUT2D eigenvalue weighted by molar-refractivity contribution is 5.20. The summed E-state index contributed by atoms with van der Waals surface area (Å²) in [6.07, 6.45) is 0. The van der Waals surface area contributed by atoms with Gasteiger partial charge in [0.05, 0.1) is 6.54 Å². The molecular weight excluding hydrogens is 190 g/mol. The van der Waals surface area contributed by atoms with Crippen molar-refractivity contribution < 1.29 is 9.47 Å². The first-order valence-corrected chi connectivity index (χ1v) is 5.32. The lowest BCUT2D eigenvalue weighted by Gasteiger charge is -2.32. The second-order valence-electron chi connectivity index (χ2n) is 3.19. The lowest BCUT2D eigenvalue weighted by molar-refractivity contribution is -0.235. The summed E-state index contributed by atoms with van der Waals surface area (Å²) < 4.78 is 11.3. The lowest BCUT2D eigenvalue weighted by atomic mass is 10.1. The van der Waals surface area contributed by atoms with Crippen molar-refractivity contribution in [1.29, 1.82) is 0 Å². The van der Waals surface area contributed by atoms with E-state index in [-0.39, 0.29) is 0 Å². The maximum absolute atomic E-state index is 5.76. The molecular formula is C12H19NO2. The van der Waals surface area contributed by atoms with Crippen molar-refractivity contribution in [3.8, 4) is 0 Å². The molecule has 3 nitrogen and oxygen atoms in total. The molecule has 2 N–H and O–H groups in total. The van der Waals surface area contributed by atoms with E-state index in [0.717, 1.165) is 5.56 Å². The number of nitrogens with two attached hydrogens (primary N) is 1. The van der Waals surface area contributed by atoms with Gasteiger partial charge >= 0.3 is 0 Å². The molecule has 0 amide bonds. The summed E-state index contributed by atoms with van der Waals surface area (Å²) in [5, 5.41) is 0. The van der Waals surface area contributed by atoms with E-state index < -0.39 is 5.79 Å². The Morgan fingerprint density at radius 3 is 2.00 bits per heavy atom. The van der Waals surface area contributed by atoms with Crippen molar-refractivity contribution in [3.63, 3.8) is 0 Å². The molecule has 3 heteroatoms. The van der Waals surface area contributed by atoms with E-state index in [4.69, 9.17) is 15.2 Å². The standard InChI is InChI=1S/C12H19NO2/c1-3-14-12(10-13,15-4-2)11-8-6-5-7-9-11/h5-9H,3-4,10,13H2,1-2H3. The third kappa shape index (κ3) is 2.78. The van der Waals surface area contributed by atoms with Crippen LogP contribution in [-0.2, 0) is 15.3 Å². The van der Waals surface area contributed by atoms with E-state index in [1.807, 2.05) is 44.2 Å². The SMILES string of the molecule is CCOC(CN)(OCC)c1ccccc1. The fourth-order valence-electron chi connectivity index (χ4n) is 1.60. The normalized spacial score (nSPS) is 11.7. The maximum atomic E-state index is 5.76. The number of ether oxygens (including phenoxy) is 2. The summed E-state index contributed by atoms with van der Waals surface area (Å²) in [4.78, 5) is 0. The minimum Gasteiger partial charge on any atom is -0.345 e. The number of rotatable bonds is 6. The average Bonchev–Trinajstić information content (AvgIpc) is 2.30. The molecule has 1 aromatic carbocycles. The van der Waals surface area contributed by atoms with Gasteiger partial charge in [-0.05, 0) is 13.8 Å². The molecule has 0 saturated heterocycles. The highest BCUT2D eigenvalue weighted by Crippen LogP contribution is 2.25. The molecule has 15 heavy (non-hydrogen) atoms.